The molecule has 2 amide bonds. The number of aryl methyl sites for hydroxylation is 1. The monoisotopic (exact) mass is 607 g/mol. The average molecular weight is 608 g/mol. The first kappa shape index (κ1) is 30.0. The Bertz CT molecular complexity index is 1800. The van der Waals surface area contributed by atoms with Gasteiger partial charge in [0, 0.05) is 18.7 Å². The van der Waals surface area contributed by atoms with Crippen molar-refractivity contribution < 1.29 is 23.8 Å². The quantitative estimate of drug-likeness (QED) is 0.155. The number of H-pyrrole nitrogens is 1. The van der Waals surface area contributed by atoms with Crippen molar-refractivity contribution in [3.8, 4) is 22.8 Å². The van der Waals surface area contributed by atoms with Crippen LogP contribution >= 0.6 is 0 Å². The number of nitrogens with one attached hydrogen (secondary N) is 3. The van der Waals surface area contributed by atoms with Crippen molar-refractivity contribution in [1.82, 2.24) is 25.6 Å². The van der Waals surface area contributed by atoms with E-state index in [1.807, 2.05) is 54.6 Å². The van der Waals surface area contributed by atoms with Gasteiger partial charge in [-0.05, 0) is 85.5 Å². The third-order valence-corrected chi connectivity index (χ3v) is 8.11. The van der Waals surface area contributed by atoms with Gasteiger partial charge in [0.15, 0.2) is 0 Å². The number of nitrogens with zero attached hydrogens (tertiary/aromatic N) is 2. The molecule has 5 aromatic rings. The first-order valence-electron chi connectivity index (χ1n) is 15.1. The summed E-state index contributed by atoms with van der Waals surface area (Å²) < 4.78 is 20.3. The molecule has 3 aromatic carbocycles. The van der Waals surface area contributed by atoms with E-state index in [0.717, 1.165) is 40.9 Å². The molecule has 9 nitrogen and oxygen atoms in total. The standard InChI is InChI=1S/C35H34FN5O4/c36-25-19-30(35(37-20-25)45-28-6-1-5-24(18-28)23-11-9-22(10-12-23)4-3-17-42)34(44)41-27-15-13-26(14-16-27)40-33(43)29-7-2-8-31-32(29)39-21-38-31/h1-2,5-12,18-21,26-27,42H,3-4,13-17H2,(H,38,39)(H,40,43)(H,41,44). The van der Waals surface area contributed by atoms with Crippen LogP contribution in [-0.2, 0) is 6.42 Å². The van der Waals surface area contributed by atoms with Crippen LogP contribution < -0.4 is 15.4 Å². The number of hydrogen-bond donors (Lipinski definition) is 4. The Morgan fingerprint density at radius 2 is 1.58 bits per heavy atom. The highest BCUT2D eigenvalue weighted by Gasteiger charge is 2.26. The lowest BCUT2D eigenvalue weighted by atomic mass is 9.90. The predicted molar refractivity (Wildman–Crippen MR) is 169 cm³/mol. The van der Waals surface area contributed by atoms with Crippen molar-refractivity contribution in [3.63, 3.8) is 0 Å². The van der Waals surface area contributed by atoms with Crippen molar-refractivity contribution in [3.05, 3.63) is 108 Å². The third kappa shape index (κ3) is 7.18. The lowest BCUT2D eigenvalue weighted by molar-refractivity contribution is 0.0890. The summed E-state index contributed by atoms with van der Waals surface area (Å²) >= 11 is 0. The first-order valence-corrected chi connectivity index (χ1v) is 15.1. The molecule has 2 aromatic heterocycles. The van der Waals surface area contributed by atoms with Crippen LogP contribution in [0.25, 0.3) is 22.2 Å². The van der Waals surface area contributed by atoms with Gasteiger partial charge in [0.25, 0.3) is 11.8 Å². The molecule has 230 valence electrons. The second-order valence-corrected chi connectivity index (χ2v) is 11.3. The predicted octanol–water partition coefficient (Wildman–Crippen LogP) is 5.95. The number of imidazole rings is 1. The van der Waals surface area contributed by atoms with Gasteiger partial charge in [0.05, 0.1) is 23.6 Å². The summed E-state index contributed by atoms with van der Waals surface area (Å²) in [4.78, 5) is 37.6. The fraction of sp³-hybridized carbons (Fsp3) is 0.257. The van der Waals surface area contributed by atoms with Gasteiger partial charge >= 0.3 is 0 Å². The number of aromatic amines is 1. The summed E-state index contributed by atoms with van der Waals surface area (Å²) in [5.41, 5.74) is 5.02. The summed E-state index contributed by atoms with van der Waals surface area (Å²) in [5, 5.41) is 15.2. The number of hydrogen-bond acceptors (Lipinski definition) is 6. The second kappa shape index (κ2) is 13.7. The number of halogens is 1. The molecular weight excluding hydrogens is 573 g/mol. The number of rotatable bonds is 10. The highest BCUT2D eigenvalue weighted by Crippen LogP contribution is 2.29. The summed E-state index contributed by atoms with van der Waals surface area (Å²) in [7, 11) is 0. The summed E-state index contributed by atoms with van der Waals surface area (Å²) in [6.07, 6.45) is 6.81. The second-order valence-electron chi connectivity index (χ2n) is 11.3. The zero-order valence-corrected chi connectivity index (χ0v) is 24.6. The molecule has 0 bridgehead atoms. The van der Waals surface area contributed by atoms with Crippen molar-refractivity contribution in [1.29, 1.82) is 0 Å². The lowest BCUT2D eigenvalue weighted by Gasteiger charge is -2.29. The molecule has 6 rings (SSSR count). The van der Waals surface area contributed by atoms with E-state index >= 15 is 0 Å². The molecule has 0 saturated heterocycles. The molecule has 0 spiro atoms. The van der Waals surface area contributed by atoms with Crippen LogP contribution in [0.5, 0.6) is 11.6 Å². The zero-order chi connectivity index (χ0) is 31.2. The number of aromatic nitrogens is 3. The SMILES string of the molecule is O=C(NC1CCC(NC(=O)c2cccc3[nH]cnc23)CC1)c1cc(F)cnc1Oc1cccc(-c2ccc(CCCO)cc2)c1. The van der Waals surface area contributed by atoms with Gasteiger partial charge in [0.1, 0.15) is 22.6 Å². The van der Waals surface area contributed by atoms with E-state index in [0.29, 0.717) is 48.9 Å². The number of carbonyl (C=O) groups excluding carboxylic acids is 2. The molecular formula is C35H34FN5O4. The van der Waals surface area contributed by atoms with Gasteiger partial charge in [0.2, 0.25) is 5.88 Å². The lowest BCUT2D eigenvalue weighted by Crippen LogP contribution is -2.44. The van der Waals surface area contributed by atoms with Gasteiger partial charge in [-0.15, -0.1) is 0 Å². The van der Waals surface area contributed by atoms with Gasteiger partial charge in [-0.3, -0.25) is 9.59 Å². The van der Waals surface area contributed by atoms with Gasteiger partial charge < -0.3 is 25.5 Å². The summed E-state index contributed by atoms with van der Waals surface area (Å²) in [6, 6.07) is 21.9. The third-order valence-electron chi connectivity index (χ3n) is 8.11. The molecule has 0 atom stereocenters. The maximum absolute atomic E-state index is 14.3. The van der Waals surface area contributed by atoms with Crippen molar-refractivity contribution in [2.24, 2.45) is 0 Å². The number of aliphatic hydroxyl groups excluding tert-OH is 1. The Labute approximate surface area is 259 Å². The van der Waals surface area contributed by atoms with Crippen molar-refractivity contribution in [2.45, 2.75) is 50.6 Å². The number of fused-ring (bicyclic) bond motifs is 1. The Hall–Kier alpha value is -5.09. The largest absolute Gasteiger partial charge is 0.438 e. The van der Waals surface area contributed by atoms with Crippen LogP contribution in [0.4, 0.5) is 4.39 Å². The maximum Gasteiger partial charge on any atom is 0.257 e. The Balaban J connectivity index is 1.07. The van der Waals surface area contributed by atoms with Gasteiger partial charge in [-0.25, -0.2) is 14.4 Å². The number of carbonyl (C=O) groups is 2. The van der Waals surface area contributed by atoms with E-state index in [-0.39, 0.29) is 36.0 Å². The van der Waals surface area contributed by atoms with Crippen LogP contribution in [0.15, 0.2) is 85.3 Å². The van der Waals surface area contributed by atoms with Gasteiger partial charge in [-0.1, -0.05) is 42.5 Å². The summed E-state index contributed by atoms with van der Waals surface area (Å²) in [6.45, 7) is 0.157. The van der Waals surface area contributed by atoms with E-state index in [4.69, 9.17) is 9.84 Å². The molecule has 1 fully saturated rings. The Morgan fingerprint density at radius 3 is 2.31 bits per heavy atom. The highest BCUT2D eigenvalue weighted by molar-refractivity contribution is 6.04. The smallest absolute Gasteiger partial charge is 0.257 e. The van der Waals surface area contributed by atoms with Crippen LogP contribution in [0.1, 0.15) is 58.4 Å². The average Bonchev–Trinajstić information content (AvgIpc) is 3.55. The highest BCUT2D eigenvalue weighted by atomic mass is 19.1. The molecule has 4 N–H and O–H groups in total. The molecule has 10 heteroatoms. The minimum Gasteiger partial charge on any atom is -0.438 e. The zero-order valence-electron chi connectivity index (χ0n) is 24.6. The minimum absolute atomic E-state index is 0.0103. The normalized spacial score (nSPS) is 16.3. The van der Waals surface area contributed by atoms with E-state index in [2.05, 4.69) is 25.6 Å². The number of pyridine rings is 1. The molecule has 0 radical (unpaired) electrons. The molecule has 2 heterocycles. The number of benzene rings is 3. The fourth-order valence-corrected chi connectivity index (χ4v) is 5.73. The van der Waals surface area contributed by atoms with Crippen LogP contribution in [0.2, 0.25) is 0 Å². The number of aliphatic hydroxyl groups is 1. The Kier molecular flexibility index (Phi) is 9.11. The first-order chi connectivity index (χ1) is 22.0. The molecule has 45 heavy (non-hydrogen) atoms. The molecule has 1 aliphatic carbocycles. The molecule has 0 aliphatic heterocycles. The van der Waals surface area contributed by atoms with Crippen molar-refractivity contribution >= 4 is 22.8 Å². The summed E-state index contributed by atoms with van der Waals surface area (Å²) in [5.74, 6) is -0.803. The van der Waals surface area contributed by atoms with Crippen molar-refractivity contribution in [2.75, 3.05) is 6.61 Å². The fourth-order valence-electron chi connectivity index (χ4n) is 5.73. The topological polar surface area (TPSA) is 129 Å². The van der Waals surface area contributed by atoms with E-state index in [1.165, 1.54) is 0 Å². The number of amides is 2. The Morgan fingerprint density at radius 1 is 0.867 bits per heavy atom. The molecule has 1 aliphatic rings. The number of para-hydroxylation sites is 1. The van der Waals surface area contributed by atoms with Crippen LogP contribution in [0, 0.1) is 5.82 Å². The van der Waals surface area contributed by atoms with Crippen LogP contribution in [0.3, 0.4) is 0 Å². The minimum atomic E-state index is -0.638. The van der Waals surface area contributed by atoms with E-state index in [9.17, 15) is 14.0 Å². The maximum atomic E-state index is 14.3. The van der Waals surface area contributed by atoms with E-state index in [1.54, 1.807) is 18.5 Å². The van der Waals surface area contributed by atoms with Gasteiger partial charge in [-0.2, -0.15) is 0 Å². The number of ether oxygens (including phenoxy) is 1. The van der Waals surface area contributed by atoms with E-state index < -0.39 is 11.7 Å². The van der Waals surface area contributed by atoms with Crippen LogP contribution in [-0.4, -0.2) is 50.6 Å². The molecule has 1 saturated carbocycles. The molecule has 0 unspecified atom stereocenters.